The Labute approximate surface area is 123 Å². The summed E-state index contributed by atoms with van der Waals surface area (Å²) in [7, 11) is 0. The molecular formula is C15H18ClN3O. The summed E-state index contributed by atoms with van der Waals surface area (Å²) >= 11 is 6.12. The summed E-state index contributed by atoms with van der Waals surface area (Å²) < 4.78 is 5.38. The first kappa shape index (κ1) is 13.5. The number of halogens is 1. The number of hydrogen-bond acceptors (Lipinski definition) is 4. The highest BCUT2D eigenvalue weighted by atomic mass is 35.5. The SMILES string of the molecule is Nc1c(Cl)nc2ccccc2c1NCC1CCOCC1. The number of pyridine rings is 1. The molecule has 1 aromatic heterocycles. The first-order valence-electron chi connectivity index (χ1n) is 6.91. The third-order valence-electron chi connectivity index (χ3n) is 3.79. The number of nitrogens with two attached hydrogens (primary N) is 1. The molecule has 0 radical (unpaired) electrons. The van der Waals surface area contributed by atoms with Crippen LogP contribution in [-0.4, -0.2) is 24.7 Å². The van der Waals surface area contributed by atoms with Gasteiger partial charge in [0, 0.05) is 25.1 Å². The van der Waals surface area contributed by atoms with Gasteiger partial charge in [0.05, 0.1) is 16.9 Å². The second kappa shape index (κ2) is 5.85. The molecule has 0 bridgehead atoms. The van der Waals surface area contributed by atoms with Crippen molar-refractivity contribution in [1.29, 1.82) is 0 Å². The molecule has 1 aliphatic rings. The minimum absolute atomic E-state index is 0.359. The number of ether oxygens (including phenoxy) is 1. The number of hydrogen-bond donors (Lipinski definition) is 2. The topological polar surface area (TPSA) is 60.2 Å². The average molecular weight is 292 g/mol. The van der Waals surface area contributed by atoms with Crippen molar-refractivity contribution >= 4 is 33.9 Å². The molecule has 106 valence electrons. The number of para-hydroxylation sites is 1. The number of rotatable bonds is 3. The molecule has 0 atom stereocenters. The molecule has 0 amide bonds. The van der Waals surface area contributed by atoms with Crippen molar-refractivity contribution in [2.24, 2.45) is 5.92 Å². The molecule has 3 N–H and O–H groups in total. The molecule has 1 fully saturated rings. The minimum atomic E-state index is 0.359. The van der Waals surface area contributed by atoms with E-state index in [0.29, 0.717) is 16.8 Å². The van der Waals surface area contributed by atoms with Crippen molar-refractivity contribution in [2.45, 2.75) is 12.8 Å². The van der Waals surface area contributed by atoms with Gasteiger partial charge in [-0.2, -0.15) is 0 Å². The molecule has 1 aromatic carbocycles. The van der Waals surface area contributed by atoms with E-state index in [2.05, 4.69) is 10.3 Å². The highest BCUT2D eigenvalue weighted by molar-refractivity contribution is 6.33. The molecule has 0 unspecified atom stereocenters. The first-order chi connectivity index (χ1) is 9.75. The van der Waals surface area contributed by atoms with Gasteiger partial charge in [0.25, 0.3) is 0 Å². The highest BCUT2D eigenvalue weighted by Gasteiger charge is 2.16. The Morgan fingerprint density at radius 2 is 2.05 bits per heavy atom. The zero-order valence-electron chi connectivity index (χ0n) is 11.2. The Balaban J connectivity index is 1.87. The number of fused-ring (bicyclic) bond motifs is 1. The van der Waals surface area contributed by atoms with Crippen LogP contribution in [0.2, 0.25) is 5.15 Å². The molecule has 0 aliphatic carbocycles. The Morgan fingerprint density at radius 1 is 1.30 bits per heavy atom. The normalized spacial score (nSPS) is 16.4. The standard InChI is InChI=1S/C15H18ClN3O/c16-15-13(17)14(11-3-1-2-4-12(11)19-15)18-9-10-5-7-20-8-6-10/h1-4,10H,5-9,17H2,(H,18,19). The van der Waals surface area contributed by atoms with Gasteiger partial charge in [-0.3, -0.25) is 0 Å². The predicted octanol–water partition coefficient (Wildman–Crippen LogP) is 3.31. The molecular weight excluding hydrogens is 274 g/mol. The van der Waals surface area contributed by atoms with Crippen LogP contribution in [0, 0.1) is 5.92 Å². The summed E-state index contributed by atoms with van der Waals surface area (Å²) in [6.07, 6.45) is 2.17. The van der Waals surface area contributed by atoms with Crippen LogP contribution in [0.1, 0.15) is 12.8 Å². The van der Waals surface area contributed by atoms with Crippen LogP contribution in [0.5, 0.6) is 0 Å². The number of nitrogen functional groups attached to an aromatic ring is 1. The summed E-state index contributed by atoms with van der Waals surface area (Å²) in [5.41, 5.74) is 8.37. The van der Waals surface area contributed by atoms with E-state index >= 15 is 0 Å². The van der Waals surface area contributed by atoms with Crippen molar-refractivity contribution in [1.82, 2.24) is 4.98 Å². The summed E-state index contributed by atoms with van der Waals surface area (Å²) in [6.45, 7) is 2.58. The quantitative estimate of drug-likeness (QED) is 0.852. The van der Waals surface area contributed by atoms with Crippen LogP contribution < -0.4 is 11.1 Å². The number of nitrogens with zero attached hydrogens (tertiary/aromatic N) is 1. The molecule has 2 aromatic rings. The second-order valence-corrected chi connectivity index (χ2v) is 5.50. The van der Waals surface area contributed by atoms with E-state index in [1.807, 2.05) is 24.3 Å². The van der Waals surface area contributed by atoms with E-state index < -0.39 is 0 Å². The lowest BCUT2D eigenvalue weighted by Crippen LogP contribution is -2.23. The van der Waals surface area contributed by atoms with Gasteiger partial charge in [0.2, 0.25) is 0 Å². The van der Waals surface area contributed by atoms with Gasteiger partial charge < -0.3 is 15.8 Å². The number of nitrogens with one attached hydrogen (secondary N) is 1. The highest BCUT2D eigenvalue weighted by Crippen LogP contribution is 2.33. The number of aromatic nitrogens is 1. The molecule has 20 heavy (non-hydrogen) atoms. The molecule has 4 nitrogen and oxygen atoms in total. The smallest absolute Gasteiger partial charge is 0.154 e. The van der Waals surface area contributed by atoms with E-state index in [1.54, 1.807) is 0 Å². The number of anilines is 2. The number of benzene rings is 1. The summed E-state index contributed by atoms with van der Waals surface area (Å²) in [4.78, 5) is 4.31. The minimum Gasteiger partial charge on any atom is -0.395 e. The van der Waals surface area contributed by atoms with Crippen molar-refractivity contribution in [2.75, 3.05) is 30.8 Å². The fourth-order valence-corrected chi connectivity index (χ4v) is 2.77. The van der Waals surface area contributed by atoms with Crippen LogP contribution in [0.4, 0.5) is 11.4 Å². The van der Waals surface area contributed by atoms with Gasteiger partial charge in [-0.1, -0.05) is 29.8 Å². The van der Waals surface area contributed by atoms with Crippen molar-refractivity contribution in [3.05, 3.63) is 29.4 Å². The molecule has 1 aliphatic heterocycles. The van der Waals surface area contributed by atoms with Crippen LogP contribution in [-0.2, 0) is 4.74 Å². The zero-order chi connectivity index (χ0) is 13.9. The Morgan fingerprint density at radius 3 is 2.85 bits per heavy atom. The fraction of sp³-hybridized carbons (Fsp3) is 0.400. The van der Waals surface area contributed by atoms with Crippen molar-refractivity contribution < 1.29 is 4.74 Å². The second-order valence-electron chi connectivity index (χ2n) is 5.15. The summed E-state index contributed by atoms with van der Waals surface area (Å²) in [6, 6.07) is 7.89. The Hall–Kier alpha value is -1.52. The van der Waals surface area contributed by atoms with Crippen molar-refractivity contribution in [3.8, 4) is 0 Å². The van der Waals surface area contributed by atoms with Crippen LogP contribution in [0.15, 0.2) is 24.3 Å². The maximum Gasteiger partial charge on any atom is 0.154 e. The summed E-state index contributed by atoms with van der Waals surface area (Å²) in [5, 5.41) is 4.84. The molecule has 1 saturated heterocycles. The van der Waals surface area contributed by atoms with E-state index in [-0.39, 0.29) is 0 Å². The lowest BCUT2D eigenvalue weighted by Gasteiger charge is -2.23. The van der Waals surface area contributed by atoms with Crippen LogP contribution in [0.25, 0.3) is 10.9 Å². The van der Waals surface area contributed by atoms with Gasteiger partial charge in [-0.25, -0.2) is 4.98 Å². The van der Waals surface area contributed by atoms with Crippen LogP contribution >= 0.6 is 11.6 Å². The first-order valence-corrected chi connectivity index (χ1v) is 7.29. The van der Waals surface area contributed by atoms with Gasteiger partial charge >= 0.3 is 0 Å². The average Bonchev–Trinajstić information content (AvgIpc) is 2.49. The van der Waals surface area contributed by atoms with E-state index in [0.717, 1.165) is 49.2 Å². The fourth-order valence-electron chi connectivity index (χ4n) is 2.58. The Bertz CT molecular complexity index is 611. The van der Waals surface area contributed by atoms with Gasteiger partial charge in [0.15, 0.2) is 5.15 Å². The van der Waals surface area contributed by atoms with Gasteiger partial charge in [-0.05, 0) is 24.8 Å². The van der Waals surface area contributed by atoms with E-state index in [9.17, 15) is 0 Å². The zero-order valence-corrected chi connectivity index (χ0v) is 12.0. The van der Waals surface area contributed by atoms with Gasteiger partial charge in [-0.15, -0.1) is 0 Å². The van der Waals surface area contributed by atoms with E-state index in [4.69, 9.17) is 22.1 Å². The molecule has 3 rings (SSSR count). The predicted molar refractivity (Wildman–Crippen MR) is 83.2 cm³/mol. The monoisotopic (exact) mass is 291 g/mol. The third-order valence-corrected chi connectivity index (χ3v) is 4.08. The Kier molecular flexibility index (Phi) is 3.94. The van der Waals surface area contributed by atoms with Crippen molar-refractivity contribution in [3.63, 3.8) is 0 Å². The third kappa shape index (κ3) is 2.67. The lowest BCUT2D eigenvalue weighted by atomic mass is 10.00. The largest absolute Gasteiger partial charge is 0.395 e. The maximum atomic E-state index is 6.12. The molecule has 5 heteroatoms. The van der Waals surface area contributed by atoms with Gasteiger partial charge in [0.1, 0.15) is 0 Å². The van der Waals surface area contributed by atoms with E-state index in [1.165, 1.54) is 0 Å². The molecule has 2 heterocycles. The lowest BCUT2D eigenvalue weighted by molar-refractivity contribution is 0.0699. The maximum absolute atomic E-state index is 6.12. The van der Waals surface area contributed by atoms with Crippen LogP contribution in [0.3, 0.4) is 0 Å². The molecule has 0 spiro atoms. The summed E-state index contributed by atoms with van der Waals surface area (Å²) in [5.74, 6) is 0.619. The molecule has 0 saturated carbocycles.